The lowest BCUT2D eigenvalue weighted by molar-refractivity contribution is 0.621. The minimum absolute atomic E-state index is 1.04. The first kappa shape index (κ1) is 6.10. The Labute approximate surface area is 64.6 Å². The first-order valence-corrected chi connectivity index (χ1v) is 4.25. The Hall–Kier alpha value is -0.630. The lowest BCUT2D eigenvalue weighted by atomic mass is 10.1. The molecule has 1 aromatic carbocycles. The van der Waals surface area contributed by atoms with Gasteiger partial charge >= 0.3 is 0 Å². The molecule has 1 aromatic rings. The van der Waals surface area contributed by atoms with Gasteiger partial charge in [-0.05, 0) is 18.1 Å². The second kappa shape index (κ2) is 2.54. The number of rotatable bonds is 0. The molecule has 2 heteroatoms. The highest BCUT2D eigenvalue weighted by Gasteiger charge is 2.08. The van der Waals surface area contributed by atoms with Crippen LogP contribution in [0.1, 0.15) is 5.56 Å². The smallest absolute Gasteiger partial charge is 0.140 e. The van der Waals surface area contributed by atoms with E-state index in [1.165, 1.54) is 17.6 Å². The molecule has 10 heavy (non-hydrogen) atoms. The van der Waals surface area contributed by atoms with E-state index in [9.17, 15) is 0 Å². The molecule has 0 aliphatic carbocycles. The van der Waals surface area contributed by atoms with Crippen molar-refractivity contribution in [3.8, 4) is 5.75 Å². The molecule has 0 fully saturated rings. The quantitative estimate of drug-likeness (QED) is 0.527. The van der Waals surface area contributed by atoms with Gasteiger partial charge in [-0.1, -0.05) is 18.2 Å². The summed E-state index contributed by atoms with van der Waals surface area (Å²) in [5.74, 6) is 2.12. The van der Waals surface area contributed by atoms with Crippen LogP contribution in [0.15, 0.2) is 24.3 Å². The van der Waals surface area contributed by atoms with Crippen LogP contribution in [0.5, 0.6) is 5.75 Å². The zero-order valence-corrected chi connectivity index (χ0v) is 6.36. The van der Waals surface area contributed by atoms with Crippen molar-refractivity contribution < 1.29 is 4.18 Å². The van der Waals surface area contributed by atoms with Crippen LogP contribution in [0, 0.1) is 0 Å². The van der Waals surface area contributed by atoms with E-state index < -0.39 is 0 Å². The van der Waals surface area contributed by atoms with Crippen molar-refractivity contribution in [1.29, 1.82) is 0 Å². The lowest BCUT2D eigenvalue weighted by Crippen LogP contribution is -2.00. The second-order valence-electron chi connectivity index (χ2n) is 2.26. The number of hydrogen-bond donors (Lipinski definition) is 0. The van der Waals surface area contributed by atoms with Gasteiger partial charge in [0.15, 0.2) is 0 Å². The van der Waals surface area contributed by atoms with Gasteiger partial charge in [0.2, 0.25) is 0 Å². The first-order chi connectivity index (χ1) is 4.97. The van der Waals surface area contributed by atoms with E-state index in [0.717, 1.165) is 17.9 Å². The van der Waals surface area contributed by atoms with Crippen LogP contribution < -0.4 is 4.18 Å². The van der Waals surface area contributed by atoms with E-state index >= 15 is 0 Å². The van der Waals surface area contributed by atoms with Crippen molar-refractivity contribution in [1.82, 2.24) is 0 Å². The minimum atomic E-state index is 1.04. The van der Waals surface area contributed by atoms with Crippen LogP contribution in [-0.2, 0) is 6.42 Å². The van der Waals surface area contributed by atoms with Crippen LogP contribution >= 0.6 is 12.0 Å². The number of benzene rings is 1. The zero-order chi connectivity index (χ0) is 6.81. The third-order valence-electron chi connectivity index (χ3n) is 1.58. The van der Waals surface area contributed by atoms with Crippen molar-refractivity contribution >= 4 is 12.0 Å². The van der Waals surface area contributed by atoms with E-state index in [4.69, 9.17) is 4.18 Å². The maximum Gasteiger partial charge on any atom is 0.140 e. The number of aryl methyl sites for hydroxylation is 1. The van der Waals surface area contributed by atoms with Gasteiger partial charge in [0.25, 0.3) is 0 Å². The van der Waals surface area contributed by atoms with Gasteiger partial charge in [0, 0.05) is 5.75 Å². The maximum atomic E-state index is 5.34. The summed E-state index contributed by atoms with van der Waals surface area (Å²) in [6.45, 7) is 0. The molecule has 0 aromatic heterocycles. The van der Waals surface area contributed by atoms with Crippen molar-refractivity contribution in [2.24, 2.45) is 0 Å². The van der Waals surface area contributed by atoms with Crippen LogP contribution in [0.3, 0.4) is 0 Å². The monoisotopic (exact) mass is 152 g/mol. The summed E-state index contributed by atoms with van der Waals surface area (Å²) < 4.78 is 5.34. The van der Waals surface area contributed by atoms with E-state index in [1.54, 1.807) is 0 Å². The van der Waals surface area contributed by atoms with Gasteiger partial charge < -0.3 is 4.18 Å². The second-order valence-corrected chi connectivity index (χ2v) is 3.07. The van der Waals surface area contributed by atoms with E-state index in [0.29, 0.717) is 0 Å². The Morgan fingerprint density at radius 1 is 1.30 bits per heavy atom. The molecule has 1 heterocycles. The van der Waals surface area contributed by atoms with Gasteiger partial charge in [-0.2, -0.15) is 0 Å². The minimum Gasteiger partial charge on any atom is -0.426 e. The molecule has 0 radical (unpaired) electrons. The van der Waals surface area contributed by atoms with Crippen LogP contribution in [0.2, 0.25) is 0 Å². The standard InChI is InChI=1S/C8H8OS/c1-2-4-8-7(3-1)5-6-10-9-8/h1-4H,5-6H2. The molecule has 0 amide bonds. The van der Waals surface area contributed by atoms with E-state index in [2.05, 4.69) is 12.1 Å². The van der Waals surface area contributed by atoms with Gasteiger partial charge in [0.1, 0.15) is 5.75 Å². The topological polar surface area (TPSA) is 9.23 Å². The third kappa shape index (κ3) is 0.991. The molecule has 0 spiro atoms. The van der Waals surface area contributed by atoms with Crippen molar-refractivity contribution in [3.63, 3.8) is 0 Å². The fourth-order valence-corrected chi connectivity index (χ4v) is 1.72. The molecule has 0 saturated carbocycles. The summed E-state index contributed by atoms with van der Waals surface area (Å²) in [4.78, 5) is 0. The molecule has 2 rings (SSSR count). The lowest BCUT2D eigenvalue weighted by Gasteiger charge is -2.13. The maximum absolute atomic E-state index is 5.34. The first-order valence-electron chi connectivity index (χ1n) is 3.34. The molecular weight excluding hydrogens is 144 g/mol. The molecule has 0 N–H and O–H groups in total. The fraction of sp³-hybridized carbons (Fsp3) is 0.250. The van der Waals surface area contributed by atoms with Gasteiger partial charge in [-0.3, -0.25) is 0 Å². The molecule has 52 valence electrons. The average molecular weight is 152 g/mol. The summed E-state index contributed by atoms with van der Waals surface area (Å²) in [5.41, 5.74) is 1.33. The van der Waals surface area contributed by atoms with Crippen molar-refractivity contribution in [2.75, 3.05) is 5.75 Å². The van der Waals surface area contributed by atoms with Crippen LogP contribution in [0.25, 0.3) is 0 Å². The number of hydrogen-bond acceptors (Lipinski definition) is 2. The summed E-state index contributed by atoms with van der Waals surface area (Å²) in [6.07, 6.45) is 1.14. The van der Waals surface area contributed by atoms with Crippen LogP contribution in [0.4, 0.5) is 0 Å². The number of para-hydroxylation sites is 1. The number of fused-ring (bicyclic) bond motifs is 1. The molecule has 1 aliphatic rings. The summed E-state index contributed by atoms with van der Waals surface area (Å²) in [7, 11) is 0. The molecular formula is C8H8OS. The molecule has 0 bridgehead atoms. The third-order valence-corrected chi connectivity index (χ3v) is 2.24. The van der Waals surface area contributed by atoms with Crippen LogP contribution in [-0.4, -0.2) is 5.75 Å². The Kier molecular flexibility index (Phi) is 1.55. The zero-order valence-electron chi connectivity index (χ0n) is 5.54. The molecule has 0 atom stereocenters. The van der Waals surface area contributed by atoms with Crippen molar-refractivity contribution in [2.45, 2.75) is 6.42 Å². The normalized spacial score (nSPS) is 15.6. The van der Waals surface area contributed by atoms with E-state index in [-0.39, 0.29) is 0 Å². The Morgan fingerprint density at radius 2 is 2.20 bits per heavy atom. The molecule has 1 nitrogen and oxygen atoms in total. The van der Waals surface area contributed by atoms with Crippen molar-refractivity contribution in [3.05, 3.63) is 29.8 Å². The van der Waals surface area contributed by atoms with Gasteiger partial charge in [0.05, 0.1) is 12.0 Å². The largest absolute Gasteiger partial charge is 0.426 e. The highest BCUT2D eigenvalue weighted by molar-refractivity contribution is 7.95. The predicted octanol–water partition coefficient (Wildman–Crippen LogP) is 2.27. The SMILES string of the molecule is c1ccc2c(c1)CCSO2. The highest BCUT2D eigenvalue weighted by atomic mass is 32.2. The molecule has 0 unspecified atom stereocenters. The average Bonchev–Trinajstić information content (AvgIpc) is 2.05. The summed E-state index contributed by atoms with van der Waals surface area (Å²) >= 11 is 1.54. The van der Waals surface area contributed by atoms with Gasteiger partial charge in [-0.15, -0.1) is 0 Å². The Bertz CT molecular complexity index is 209. The highest BCUT2D eigenvalue weighted by Crippen LogP contribution is 2.27. The van der Waals surface area contributed by atoms with E-state index in [1.807, 2.05) is 12.1 Å². The molecule has 1 aliphatic heterocycles. The van der Waals surface area contributed by atoms with Gasteiger partial charge in [-0.25, -0.2) is 0 Å². The predicted molar refractivity (Wildman–Crippen MR) is 43.2 cm³/mol. The molecule has 0 saturated heterocycles. The Morgan fingerprint density at radius 3 is 3.10 bits per heavy atom. The Balaban J connectivity index is 2.41. The summed E-state index contributed by atoms with van der Waals surface area (Å²) in [6, 6.07) is 8.19. The fourth-order valence-electron chi connectivity index (χ4n) is 1.05. The summed E-state index contributed by atoms with van der Waals surface area (Å²) in [5, 5.41) is 0.